The first-order valence-corrected chi connectivity index (χ1v) is 32.9. The van der Waals surface area contributed by atoms with Crippen molar-refractivity contribution in [2.24, 2.45) is 0 Å². The van der Waals surface area contributed by atoms with Crippen LogP contribution in [0.25, 0.3) is 0 Å². The predicted molar refractivity (Wildman–Crippen MR) is 323 cm³/mol. The second-order valence-corrected chi connectivity index (χ2v) is 23.6. The van der Waals surface area contributed by atoms with Crippen molar-refractivity contribution < 1.29 is 89.4 Å². The molecule has 0 aromatic carbocycles. The molecule has 3 fully saturated rings. The van der Waals surface area contributed by atoms with Crippen molar-refractivity contribution >= 4 is 5.91 Å². The molecule has 490 valence electrons. The molecule has 0 saturated carbocycles. The predicted octanol–water partition coefficient (Wildman–Crippen LogP) is 7.43. The van der Waals surface area contributed by atoms with Gasteiger partial charge in [-0.15, -0.1) is 0 Å². The molecule has 0 aliphatic carbocycles. The quantitative estimate of drug-likeness (QED) is 0.0208. The van der Waals surface area contributed by atoms with Crippen molar-refractivity contribution in [2.75, 3.05) is 26.4 Å². The number of hydrogen-bond acceptors (Lipinski definition) is 18. The highest BCUT2D eigenvalue weighted by Crippen LogP contribution is 2.33. The van der Waals surface area contributed by atoms with Gasteiger partial charge in [-0.05, 0) is 51.4 Å². The van der Waals surface area contributed by atoms with E-state index >= 15 is 0 Å². The first-order valence-electron chi connectivity index (χ1n) is 32.9. The molecular weight excluding hydrogens is 1080 g/mol. The standard InChI is InChI=1S/C65H117NO18/c1-3-5-7-9-11-13-15-17-19-20-21-22-23-24-25-26-27-29-30-32-34-36-38-40-42-49(70)48(66-53(71)43-41-39-37-35-33-31-28-18-16-14-12-10-8-6-4-2)47-79-63-59(77)56(74)61(51(45-68)81-63)84-65-60(78)57(75)62(52(46-69)82-65)83-64-58(76)55(73)54(72)50(44-67)80-64/h6,8,12,14,18,28,33,35,48-52,54-65,67-70,72-78H,3-5,7,9-11,13,15-17,19-27,29-32,34,36-47H2,1-2H3,(H,66,71)/b8-6-,14-12-,28-18-,35-33-. The highest BCUT2D eigenvalue weighted by molar-refractivity contribution is 5.76. The number of amides is 1. The number of aliphatic hydroxyl groups is 11. The van der Waals surface area contributed by atoms with Crippen molar-refractivity contribution in [3.8, 4) is 0 Å². The SMILES string of the molecule is CC/C=C\C/C=C\C/C=C\C/C=C\CCCCC(=O)NC(COC1OC(CO)C(OC2OC(CO)C(OC3OC(CO)C(O)C(O)C3O)C(O)C2O)C(O)C1O)C(O)CCCCCCCCCCCCCCCCCCCCCCCCCC. The van der Waals surface area contributed by atoms with Crippen LogP contribution in [-0.4, -0.2) is 193 Å². The maximum Gasteiger partial charge on any atom is 0.220 e. The number of unbranched alkanes of at least 4 members (excludes halogenated alkanes) is 25. The molecule has 0 spiro atoms. The summed E-state index contributed by atoms with van der Waals surface area (Å²) in [5.41, 5.74) is 0. The lowest BCUT2D eigenvalue weighted by Crippen LogP contribution is -2.66. The molecule has 12 N–H and O–H groups in total. The molecule has 3 saturated heterocycles. The summed E-state index contributed by atoms with van der Waals surface area (Å²) in [4.78, 5) is 13.3. The zero-order valence-corrected chi connectivity index (χ0v) is 51.4. The maximum atomic E-state index is 13.3. The topological polar surface area (TPSA) is 307 Å². The first kappa shape index (κ1) is 76.0. The molecule has 84 heavy (non-hydrogen) atoms. The number of rotatable bonds is 49. The number of nitrogens with one attached hydrogen (secondary N) is 1. The molecule has 17 atom stereocenters. The van der Waals surface area contributed by atoms with Crippen molar-refractivity contribution in [2.45, 2.75) is 330 Å². The van der Waals surface area contributed by atoms with Crippen molar-refractivity contribution in [3.05, 3.63) is 48.6 Å². The highest BCUT2D eigenvalue weighted by Gasteiger charge is 2.53. The molecule has 17 unspecified atom stereocenters. The van der Waals surface area contributed by atoms with E-state index in [0.29, 0.717) is 12.8 Å². The zero-order chi connectivity index (χ0) is 61.2. The third kappa shape index (κ3) is 30.3. The van der Waals surface area contributed by atoms with Gasteiger partial charge in [0.05, 0.1) is 38.6 Å². The summed E-state index contributed by atoms with van der Waals surface area (Å²) in [5, 5.41) is 120. The van der Waals surface area contributed by atoms with Gasteiger partial charge in [0.15, 0.2) is 18.9 Å². The van der Waals surface area contributed by atoms with Gasteiger partial charge < -0.3 is 89.9 Å². The Hall–Kier alpha value is -2.25. The molecule has 0 aromatic heterocycles. The summed E-state index contributed by atoms with van der Waals surface area (Å²) >= 11 is 0. The molecule has 0 bridgehead atoms. The molecule has 19 nitrogen and oxygen atoms in total. The van der Waals surface area contributed by atoms with E-state index in [1.807, 2.05) is 0 Å². The lowest BCUT2D eigenvalue weighted by molar-refractivity contribution is -0.379. The summed E-state index contributed by atoms with van der Waals surface area (Å²) in [6.07, 6.45) is 27.7. The van der Waals surface area contributed by atoms with E-state index in [-0.39, 0.29) is 18.9 Å². The monoisotopic (exact) mass is 1200 g/mol. The Kier molecular flexibility index (Phi) is 43.2. The minimum absolute atomic E-state index is 0.213. The van der Waals surface area contributed by atoms with Gasteiger partial charge >= 0.3 is 0 Å². The molecule has 3 aliphatic rings. The fourth-order valence-electron chi connectivity index (χ4n) is 11.1. The normalized spacial score (nSPS) is 29.5. The van der Waals surface area contributed by atoms with E-state index in [9.17, 15) is 61.0 Å². The largest absolute Gasteiger partial charge is 0.394 e. The van der Waals surface area contributed by atoms with Crippen molar-refractivity contribution in [1.82, 2.24) is 5.32 Å². The van der Waals surface area contributed by atoms with Gasteiger partial charge in [-0.2, -0.15) is 0 Å². The average Bonchev–Trinajstić information content (AvgIpc) is 2.81. The number of hydrogen-bond donors (Lipinski definition) is 12. The lowest BCUT2D eigenvalue weighted by atomic mass is 9.96. The fourth-order valence-corrected chi connectivity index (χ4v) is 11.1. The third-order valence-corrected chi connectivity index (χ3v) is 16.4. The number of carbonyl (C=O) groups excluding carboxylic acids is 1. The fraction of sp³-hybridized carbons (Fsp3) is 0.862. The lowest BCUT2D eigenvalue weighted by Gasteiger charge is -2.48. The molecule has 0 aromatic rings. The van der Waals surface area contributed by atoms with Gasteiger partial charge in [0.1, 0.15) is 73.2 Å². The van der Waals surface area contributed by atoms with E-state index in [1.165, 1.54) is 128 Å². The molecule has 3 rings (SSSR count). The van der Waals surface area contributed by atoms with Crippen LogP contribution in [0.4, 0.5) is 0 Å². The number of ether oxygens (including phenoxy) is 6. The number of carbonyl (C=O) groups is 1. The average molecular weight is 1200 g/mol. The van der Waals surface area contributed by atoms with E-state index in [2.05, 4.69) is 67.8 Å². The summed E-state index contributed by atoms with van der Waals surface area (Å²) in [6.45, 7) is 1.65. The van der Waals surface area contributed by atoms with Crippen LogP contribution in [-0.2, 0) is 33.2 Å². The Balaban J connectivity index is 1.45. The van der Waals surface area contributed by atoms with Crippen molar-refractivity contribution in [3.63, 3.8) is 0 Å². The van der Waals surface area contributed by atoms with Gasteiger partial charge in [-0.1, -0.05) is 217 Å². The smallest absolute Gasteiger partial charge is 0.220 e. The van der Waals surface area contributed by atoms with Gasteiger partial charge in [0.25, 0.3) is 0 Å². The van der Waals surface area contributed by atoms with Gasteiger partial charge in [0.2, 0.25) is 5.91 Å². The second-order valence-electron chi connectivity index (χ2n) is 23.6. The maximum absolute atomic E-state index is 13.3. The van der Waals surface area contributed by atoms with Crippen LogP contribution < -0.4 is 5.32 Å². The van der Waals surface area contributed by atoms with Crippen LogP contribution in [0.2, 0.25) is 0 Å². The zero-order valence-electron chi connectivity index (χ0n) is 51.4. The Bertz CT molecular complexity index is 1720. The Labute approximate surface area is 503 Å². The molecule has 1 amide bonds. The number of aliphatic hydroxyl groups excluding tert-OH is 11. The minimum atomic E-state index is -1.98. The molecule has 3 heterocycles. The second kappa shape index (κ2) is 47.7. The van der Waals surface area contributed by atoms with E-state index in [4.69, 9.17) is 28.4 Å². The summed E-state index contributed by atoms with van der Waals surface area (Å²) in [5.74, 6) is -0.283. The first-order chi connectivity index (χ1) is 40.8. The van der Waals surface area contributed by atoms with Crippen LogP contribution in [0.15, 0.2) is 48.6 Å². The summed E-state index contributed by atoms with van der Waals surface area (Å²) < 4.78 is 34.3. The minimum Gasteiger partial charge on any atom is -0.394 e. The Morgan fingerprint density at radius 3 is 1.26 bits per heavy atom. The number of allylic oxidation sites excluding steroid dienone is 8. The van der Waals surface area contributed by atoms with Gasteiger partial charge in [-0.3, -0.25) is 4.79 Å². The molecule has 0 radical (unpaired) electrons. The summed E-state index contributed by atoms with van der Waals surface area (Å²) in [6, 6.07) is -0.910. The van der Waals surface area contributed by atoms with E-state index in [0.717, 1.165) is 64.2 Å². The highest BCUT2D eigenvalue weighted by atomic mass is 16.8. The van der Waals surface area contributed by atoms with E-state index in [1.54, 1.807) is 0 Å². The summed E-state index contributed by atoms with van der Waals surface area (Å²) in [7, 11) is 0. The van der Waals surface area contributed by atoms with Gasteiger partial charge in [0, 0.05) is 6.42 Å². The third-order valence-electron chi connectivity index (χ3n) is 16.4. The van der Waals surface area contributed by atoms with Crippen molar-refractivity contribution in [1.29, 1.82) is 0 Å². The van der Waals surface area contributed by atoms with Crippen LogP contribution in [0.5, 0.6) is 0 Å². The van der Waals surface area contributed by atoms with Crippen LogP contribution in [0, 0.1) is 0 Å². The van der Waals surface area contributed by atoms with E-state index < -0.39 is 124 Å². The molecule has 19 heteroatoms. The van der Waals surface area contributed by atoms with Crippen LogP contribution >= 0.6 is 0 Å². The van der Waals surface area contributed by atoms with Crippen LogP contribution in [0.1, 0.15) is 226 Å². The Morgan fingerprint density at radius 1 is 0.440 bits per heavy atom. The van der Waals surface area contributed by atoms with Gasteiger partial charge in [-0.25, -0.2) is 0 Å². The molecule has 3 aliphatic heterocycles. The Morgan fingerprint density at radius 2 is 0.821 bits per heavy atom. The molecular formula is C65H117NO18. The van der Waals surface area contributed by atoms with Crippen LogP contribution in [0.3, 0.4) is 0 Å².